The van der Waals surface area contributed by atoms with E-state index in [1.807, 2.05) is 30.5 Å². The van der Waals surface area contributed by atoms with Crippen LogP contribution in [-0.2, 0) is 4.74 Å². The largest absolute Gasteiger partial charge is 0.498 e. The Bertz CT molecular complexity index is 315. The van der Waals surface area contributed by atoms with Gasteiger partial charge in [0.15, 0.2) is 0 Å². The Balaban J connectivity index is 1.81. The van der Waals surface area contributed by atoms with Gasteiger partial charge in [0.25, 0.3) is 0 Å². The normalized spacial score (nSPS) is 25.9. The Kier molecular flexibility index (Phi) is 3.44. The van der Waals surface area contributed by atoms with Crippen LogP contribution in [0.4, 0.5) is 0 Å². The van der Waals surface area contributed by atoms with Crippen molar-refractivity contribution in [1.82, 2.24) is 0 Å². The second-order valence-corrected chi connectivity index (χ2v) is 4.39. The number of hydrogen-bond acceptors (Lipinski definition) is 1. The Labute approximate surface area is 91.8 Å². The van der Waals surface area contributed by atoms with E-state index in [1.54, 1.807) is 0 Å². The summed E-state index contributed by atoms with van der Waals surface area (Å²) in [5.74, 6) is 0.833. The zero-order valence-electron chi connectivity index (χ0n) is 9.23. The van der Waals surface area contributed by atoms with Crippen LogP contribution >= 0.6 is 0 Å². The fraction of sp³-hybridized carbons (Fsp3) is 0.429. The maximum Gasteiger partial charge on any atom is 0.0981 e. The van der Waals surface area contributed by atoms with E-state index in [1.165, 1.54) is 24.8 Å². The average Bonchev–Trinajstić information content (AvgIpc) is 2.66. The molecular formula is C14H18O. The average molecular weight is 202 g/mol. The minimum Gasteiger partial charge on any atom is -0.498 e. The number of hydrogen-bond donors (Lipinski definition) is 0. The van der Waals surface area contributed by atoms with Gasteiger partial charge in [-0.15, -0.1) is 0 Å². The zero-order valence-corrected chi connectivity index (χ0v) is 9.23. The maximum atomic E-state index is 5.70. The molecule has 1 nitrogen and oxygen atoms in total. The number of benzene rings is 1. The molecule has 0 radical (unpaired) electrons. The Morgan fingerprint density at radius 1 is 1.20 bits per heavy atom. The molecule has 1 aliphatic rings. The fourth-order valence-corrected chi connectivity index (χ4v) is 2.07. The molecule has 0 bridgehead atoms. The van der Waals surface area contributed by atoms with Crippen molar-refractivity contribution in [2.45, 2.75) is 32.3 Å². The first-order chi connectivity index (χ1) is 7.34. The van der Waals surface area contributed by atoms with Gasteiger partial charge >= 0.3 is 0 Å². The summed E-state index contributed by atoms with van der Waals surface area (Å²) in [6, 6.07) is 10.3. The van der Waals surface area contributed by atoms with Crippen LogP contribution in [0.15, 0.2) is 36.6 Å². The third kappa shape index (κ3) is 3.12. The lowest BCUT2D eigenvalue weighted by molar-refractivity contribution is 0.149. The lowest BCUT2D eigenvalue weighted by atomic mass is 10.1. The smallest absolute Gasteiger partial charge is 0.0981 e. The lowest BCUT2D eigenvalue weighted by Crippen LogP contribution is -2.02. The molecule has 0 N–H and O–H groups in total. The highest BCUT2D eigenvalue weighted by atomic mass is 16.5. The van der Waals surface area contributed by atoms with Gasteiger partial charge in [-0.25, -0.2) is 0 Å². The van der Waals surface area contributed by atoms with Crippen molar-refractivity contribution in [3.05, 3.63) is 42.2 Å². The van der Waals surface area contributed by atoms with Crippen molar-refractivity contribution >= 4 is 6.08 Å². The van der Waals surface area contributed by atoms with Gasteiger partial charge in [0, 0.05) is 0 Å². The summed E-state index contributed by atoms with van der Waals surface area (Å²) >= 11 is 0. The minimum absolute atomic E-state index is 0.444. The molecule has 0 saturated heterocycles. The molecule has 1 fully saturated rings. The van der Waals surface area contributed by atoms with Crippen LogP contribution in [0.2, 0.25) is 0 Å². The molecule has 1 aliphatic carbocycles. The minimum atomic E-state index is 0.444. The fourth-order valence-electron chi connectivity index (χ4n) is 2.07. The van der Waals surface area contributed by atoms with E-state index >= 15 is 0 Å². The number of rotatable bonds is 3. The van der Waals surface area contributed by atoms with Crippen molar-refractivity contribution in [3.63, 3.8) is 0 Å². The third-order valence-electron chi connectivity index (χ3n) is 2.98. The maximum absolute atomic E-state index is 5.70. The lowest BCUT2D eigenvalue weighted by Gasteiger charge is -2.08. The molecule has 2 atom stereocenters. The van der Waals surface area contributed by atoms with Crippen LogP contribution in [0, 0.1) is 5.92 Å². The quantitative estimate of drug-likeness (QED) is 0.676. The van der Waals surface area contributed by atoms with Crippen molar-refractivity contribution in [3.8, 4) is 0 Å². The number of ether oxygens (including phenoxy) is 1. The van der Waals surface area contributed by atoms with E-state index in [9.17, 15) is 0 Å². The van der Waals surface area contributed by atoms with Crippen LogP contribution in [-0.4, -0.2) is 6.10 Å². The van der Waals surface area contributed by atoms with Gasteiger partial charge in [0.1, 0.15) is 0 Å². The van der Waals surface area contributed by atoms with Gasteiger partial charge in [0.2, 0.25) is 0 Å². The topological polar surface area (TPSA) is 9.23 Å². The highest BCUT2D eigenvalue weighted by Gasteiger charge is 2.21. The van der Waals surface area contributed by atoms with Crippen LogP contribution in [0.1, 0.15) is 31.7 Å². The first-order valence-electron chi connectivity index (χ1n) is 5.71. The molecular weight excluding hydrogens is 184 g/mol. The van der Waals surface area contributed by atoms with Crippen LogP contribution in [0.3, 0.4) is 0 Å². The molecule has 1 aromatic rings. The molecule has 2 unspecified atom stereocenters. The Morgan fingerprint density at radius 2 is 2.00 bits per heavy atom. The van der Waals surface area contributed by atoms with Crippen molar-refractivity contribution in [2.75, 3.05) is 0 Å². The van der Waals surface area contributed by atoms with Gasteiger partial charge in [0.05, 0.1) is 12.4 Å². The zero-order chi connectivity index (χ0) is 10.5. The first-order valence-corrected chi connectivity index (χ1v) is 5.71. The highest BCUT2D eigenvalue weighted by molar-refractivity contribution is 5.47. The molecule has 15 heavy (non-hydrogen) atoms. The molecule has 0 aromatic heterocycles. The molecule has 0 heterocycles. The van der Waals surface area contributed by atoms with Crippen molar-refractivity contribution in [2.24, 2.45) is 5.92 Å². The van der Waals surface area contributed by atoms with Gasteiger partial charge < -0.3 is 4.74 Å². The predicted octanol–water partition coefficient (Wildman–Crippen LogP) is 3.86. The van der Waals surface area contributed by atoms with Crippen molar-refractivity contribution < 1.29 is 4.74 Å². The van der Waals surface area contributed by atoms with Gasteiger partial charge in [-0.2, -0.15) is 0 Å². The van der Waals surface area contributed by atoms with E-state index in [0.29, 0.717) is 6.10 Å². The Morgan fingerprint density at radius 3 is 2.67 bits per heavy atom. The Hall–Kier alpha value is -1.24. The molecule has 0 amide bonds. The van der Waals surface area contributed by atoms with E-state index < -0.39 is 0 Å². The van der Waals surface area contributed by atoms with Crippen LogP contribution in [0.25, 0.3) is 6.08 Å². The second-order valence-electron chi connectivity index (χ2n) is 4.39. The molecule has 80 valence electrons. The van der Waals surface area contributed by atoms with E-state index in [-0.39, 0.29) is 0 Å². The monoisotopic (exact) mass is 202 g/mol. The summed E-state index contributed by atoms with van der Waals surface area (Å²) in [4.78, 5) is 0. The van der Waals surface area contributed by atoms with Crippen molar-refractivity contribution in [1.29, 1.82) is 0 Å². The SMILES string of the molecule is CC1CCC(OC=Cc2ccccc2)C1. The van der Waals surface area contributed by atoms with Crippen LogP contribution < -0.4 is 0 Å². The van der Waals surface area contributed by atoms with E-state index in [0.717, 1.165) is 5.92 Å². The summed E-state index contributed by atoms with van der Waals surface area (Å²) < 4.78 is 5.70. The van der Waals surface area contributed by atoms with Gasteiger partial charge in [-0.05, 0) is 36.8 Å². The third-order valence-corrected chi connectivity index (χ3v) is 2.98. The molecule has 2 rings (SSSR count). The summed E-state index contributed by atoms with van der Waals surface area (Å²) in [5.41, 5.74) is 1.20. The first kappa shape index (κ1) is 10.3. The summed E-state index contributed by atoms with van der Waals surface area (Å²) in [5, 5.41) is 0. The molecule has 1 heteroatoms. The van der Waals surface area contributed by atoms with E-state index in [2.05, 4.69) is 19.1 Å². The van der Waals surface area contributed by atoms with E-state index in [4.69, 9.17) is 4.74 Å². The molecule has 0 aliphatic heterocycles. The summed E-state index contributed by atoms with van der Waals surface area (Å²) in [7, 11) is 0. The second kappa shape index (κ2) is 5.01. The standard InChI is InChI=1S/C14H18O/c1-12-7-8-14(11-12)15-10-9-13-5-3-2-4-6-13/h2-6,9-10,12,14H,7-8,11H2,1H3. The predicted molar refractivity (Wildman–Crippen MR) is 63.4 cm³/mol. The van der Waals surface area contributed by atoms with Gasteiger partial charge in [-0.1, -0.05) is 37.3 Å². The molecule has 1 saturated carbocycles. The highest BCUT2D eigenvalue weighted by Crippen LogP contribution is 2.27. The van der Waals surface area contributed by atoms with Gasteiger partial charge in [-0.3, -0.25) is 0 Å². The summed E-state index contributed by atoms with van der Waals surface area (Å²) in [6.45, 7) is 2.30. The molecule has 0 spiro atoms. The summed E-state index contributed by atoms with van der Waals surface area (Å²) in [6.07, 6.45) is 8.05. The molecule has 1 aromatic carbocycles. The van der Waals surface area contributed by atoms with Crippen LogP contribution in [0.5, 0.6) is 0 Å².